The quantitative estimate of drug-likeness (QED) is 0.0235. The normalized spacial score (nSPS) is 17.6. The summed E-state index contributed by atoms with van der Waals surface area (Å²) in [6, 6.07) is 25.9. The minimum absolute atomic E-state index is 0.205. The number of unbranched alkanes of at least 4 members (excludes halogenated alkanes) is 24. The Kier molecular flexibility index (Phi) is 22.7. The van der Waals surface area contributed by atoms with Gasteiger partial charge in [-0.3, -0.25) is 0 Å². The number of benzene rings is 2. The monoisotopic (exact) mass is 1120 g/mol. The number of allylic oxidation sites excluding steroid dienone is 2. The molecule has 2 N–H and O–H groups in total. The minimum Gasteiger partial charge on any atom is -0.457 e. The number of aromatic amines is 2. The number of esters is 1. The fourth-order valence-corrected chi connectivity index (χ4v) is 14.5. The lowest BCUT2D eigenvalue weighted by Gasteiger charge is -2.21. The van der Waals surface area contributed by atoms with Crippen molar-refractivity contribution in [2.24, 2.45) is 23.7 Å². The van der Waals surface area contributed by atoms with Gasteiger partial charge in [0.2, 0.25) is 0 Å². The molecule has 2 unspecified atom stereocenters. The van der Waals surface area contributed by atoms with E-state index >= 15 is 0 Å². The van der Waals surface area contributed by atoms with Crippen molar-refractivity contribution in [2.45, 2.75) is 226 Å². The van der Waals surface area contributed by atoms with Gasteiger partial charge in [-0.15, -0.1) is 0 Å². The van der Waals surface area contributed by atoms with Crippen LogP contribution in [0.1, 0.15) is 256 Å². The first-order chi connectivity index (χ1) is 41.0. The zero-order valence-corrected chi connectivity index (χ0v) is 51.4. The molecule has 1 saturated carbocycles. The van der Waals surface area contributed by atoms with Crippen LogP contribution in [0.15, 0.2) is 84.9 Å². The number of nitrogens with one attached hydrogen (secondary N) is 2. The molecule has 10 rings (SSSR count). The van der Waals surface area contributed by atoms with Gasteiger partial charge in [-0.05, 0) is 153 Å². The van der Waals surface area contributed by atoms with E-state index in [4.69, 9.17) is 14.7 Å². The fraction of sp³-hybridized carbons (Fsp3) is 0.539. The van der Waals surface area contributed by atoms with Crippen LogP contribution in [0.25, 0.3) is 57.5 Å². The van der Waals surface area contributed by atoms with Crippen LogP contribution in [0.3, 0.4) is 0 Å². The molecule has 5 aromatic rings. The van der Waals surface area contributed by atoms with Gasteiger partial charge >= 0.3 is 5.97 Å². The Balaban J connectivity index is 0.942. The van der Waals surface area contributed by atoms with Gasteiger partial charge in [0.05, 0.1) is 28.3 Å². The Labute approximate surface area is 499 Å². The number of nitrogens with zero attached hydrogens (tertiary/aromatic N) is 3. The van der Waals surface area contributed by atoms with E-state index in [2.05, 4.69) is 133 Å². The maximum Gasteiger partial charge on any atom is 0.338 e. The SMILES string of the molecule is CCCCCCCCCCCc1c2nc(c(CCCCCCCCCCC)c3ccc([nH]3)c(-c3ccc(COC(=O)c4ccc(N5CC6C(C5)[C@H]5C=C[C@@H]6C5)cc4)cc3)c3ccc([nH]3)c(CCCCCCCCCCC)c3nc1C=C3)C=C2. The largest absolute Gasteiger partial charge is 0.457 e. The lowest BCUT2D eigenvalue weighted by molar-refractivity contribution is 0.0472. The molecule has 1 saturated heterocycles. The number of aromatic nitrogens is 4. The third kappa shape index (κ3) is 16.1. The number of aryl methyl sites for hydroxylation is 2. The lowest BCUT2D eigenvalue weighted by atomic mass is 9.86. The molecule has 3 aromatic heterocycles. The summed E-state index contributed by atoms with van der Waals surface area (Å²) in [5.74, 6) is 2.75. The van der Waals surface area contributed by atoms with Crippen molar-refractivity contribution in [1.82, 2.24) is 19.9 Å². The molecule has 4 atom stereocenters. The summed E-state index contributed by atoms with van der Waals surface area (Å²) in [4.78, 5) is 35.3. The van der Waals surface area contributed by atoms with Gasteiger partial charge in [0, 0.05) is 63.1 Å². The molecule has 5 aliphatic rings. The summed E-state index contributed by atoms with van der Waals surface area (Å²) < 4.78 is 5.99. The van der Waals surface area contributed by atoms with Crippen LogP contribution >= 0.6 is 0 Å². The number of H-pyrrole nitrogens is 2. The summed E-state index contributed by atoms with van der Waals surface area (Å²) in [6.45, 7) is 9.34. The van der Waals surface area contributed by atoms with E-state index in [1.165, 1.54) is 183 Å². The van der Waals surface area contributed by atoms with Crippen LogP contribution in [0.4, 0.5) is 5.69 Å². The zero-order valence-electron chi connectivity index (χ0n) is 51.4. The molecule has 442 valence electrons. The van der Waals surface area contributed by atoms with Crippen LogP contribution < -0.4 is 4.90 Å². The van der Waals surface area contributed by atoms with Crippen molar-refractivity contribution in [1.29, 1.82) is 0 Å². The van der Waals surface area contributed by atoms with Crippen LogP contribution in [-0.4, -0.2) is 39.0 Å². The molecular weight excluding hydrogens is 1010 g/mol. The Morgan fingerprint density at radius 2 is 0.843 bits per heavy atom. The predicted molar refractivity (Wildman–Crippen MR) is 353 cm³/mol. The molecule has 6 heterocycles. The van der Waals surface area contributed by atoms with Crippen molar-refractivity contribution >= 4 is 58.0 Å². The third-order valence-corrected chi connectivity index (χ3v) is 19.4. The van der Waals surface area contributed by atoms with Gasteiger partial charge < -0.3 is 19.6 Å². The lowest BCUT2D eigenvalue weighted by Crippen LogP contribution is -2.22. The molecule has 3 aliphatic heterocycles. The topological polar surface area (TPSA) is 86.9 Å². The van der Waals surface area contributed by atoms with Crippen molar-refractivity contribution in [3.05, 3.63) is 136 Å². The number of hydrogen-bond donors (Lipinski definition) is 2. The molecule has 2 aromatic carbocycles. The van der Waals surface area contributed by atoms with Gasteiger partial charge in [0.1, 0.15) is 6.61 Å². The molecule has 7 nitrogen and oxygen atoms in total. The van der Waals surface area contributed by atoms with Gasteiger partial charge in [0.15, 0.2) is 0 Å². The van der Waals surface area contributed by atoms with Gasteiger partial charge in [0.25, 0.3) is 0 Å². The average molecular weight is 1120 g/mol. The molecule has 0 spiro atoms. The first kappa shape index (κ1) is 60.2. The smallest absolute Gasteiger partial charge is 0.338 e. The van der Waals surface area contributed by atoms with Crippen LogP contribution in [0, 0.1) is 23.7 Å². The highest BCUT2D eigenvalue weighted by Crippen LogP contribution is 2.52. The van der Waals surface area contributed by atoms with E-state index in [0.29, 0.717) is 5.56 Å². The highest BCUT2D eigenvalue weighted by molar-refractivity contribution is 5.95. The number of hydrogen-bond acceptors (Lipinski definition) is 5. The van der Waals surface area contributed by atoms with E-state index in [9.17, 15) is 4.79 Å². The highest BCUT2D eigenvalue weighted by Gasteiger charge is 2.49. The third-order valence-electron chi connectivity index (χ3n) is 19.4. The highest BCUT2D eigenvalue weighted by atomic mass is 16.5. The van der Waals surface area contributed by atoms with Crippen molar-refractivity contribution < 1.29 is 9.53 Å². The second-order valence-corrected chi connectivity index (χ2v) is 25.5. The standard InChI is InChI=1S/C76H101N5O2/c1-4-7-10-13-16-19-22-25-28-31-62-67-44-46-69(77-67)63(32-29-26-23-20-17-14-11-8-5-2)71-48-50-73(79-71)75(74-51-49-72(80-74)64(70-47-45-68(62)78-70)33-30-27-24-21-18-15-12-9-6-3)57-36-34-56(35-37-57)55-83-76(82)58-40-42-61(43-41-58)81-53-65-59-38-39-60(52-59)66(65)54-81/h34-51,59-60,65-66,79-80H,4-33,52-55H2,1-3H3/t59-,60+,65?,66?. The maximum absolute atomic E-state index is 13.5. The molecule has 7 heteroatoms. The van der Waals surface area contributed by atoms with Gasteiger partial charge in [-0.2, -0.15) is 0 Å². The Morgan fingerprint density at radius 3 is 1.28 bits per heavy atom. The molecule has 10 bridgehead atoms. The Morgan fingerprint density at radius 1 is 0.458 bits per heavy atom. The number of carbonyl (C=O) groups excluding carboxylic acids is 1. The summed E-state index contributed by atoms with van der Waals surface area (Å²) in [7, 11) is 0. The molecule has 2 fully saturated rings. The van der Waals surface area contributed by atoms with Crippen molar-refractivity contribution in [3.63, 3.8) is 0 Å². The summed E-state index contributed by atoms with van der Waals surface area (Å²) >= 11 is 0. The van der Waals surface area contributed by atoms with E-state index in [0.717, 1.165) is 137 Å². The van der Waals surface area contributed by atoms with Crippen molar-refractivity contribution in [3.8, 4) is 11.1 Å². The Bertz CT molecular complexity index is 2980. The van der Waals surface area contributed by atoms with Gasteiger partial charge in [-0.25, -0.2) is 14.8 Å². The van der Waals surface area contributed by atoms with E-state index < -0.39 is 0 Å². The summed E-state index contributed by atoms with van der Waals surface area (Å²) in [6.07, 6.45) is 53.5. The average Bonchev–Trinajstić information content (AvgIpc) is 4.55. The number of ether oxygens (including phenoxy) is 1. The first-order valence-corrected chi connectivity index (χ1v) is 33.9. The predicted octanol–water partition coefficient (Wildman–Crippen LogP) is 21.2. The molecule has 2 aliphatic carbocycles. The van der Waals surface area contributed by atoms with Crippen LogP contribution in [0.2, 0.25) is 0 Å². The second kappa shape index (κ2) is 31.3. The van der Waals surface area contributed by atoms with Crippen LogP contribution in [-0.2, 0) is 30.6 Å². The number of carbonyl (C=O) groups is 1. The molecule has 0 amide bonds. The fourth-order valence-electron chi connectivity index (χ4n) is 14.5. The van der Waals surface area contributed by atoms with E-state index in [1.807, 2.05) is 12.1 Å². The summed E-state index contributed by atoms with van der Waals surface area (Å²) in [5, 5.41) is 0. The molecule has 0 radical (unpaired) electrons. The molecular formula is C76H101N5O2. The number of anilines is 1. The number of fused-ring (bicyclic) bond motifs is 13. The van der Waals surface area contributed by atoms with Gasteiger partial charge in [-0.1, -0.05) is 211 Å². The van der Waals surface area contributed by atoms with E-state index in [1.54, 1.807) is 0 Å². The van der Waals surface area contributed by atoms with E-state index in [-0.39, 0.29) is 12.6 Å². The number of rotatable bonds is 35. The molecule has 83 heavy (non-hydrogen) atoms. The van der Waals surface area contributed by atoms with Crippen molar-refractivity contribution in [2.75, 3.05) is 18.0 Å². The second-order valence-electron chi connectivity index (χ2n) is 25.5. The summed E-state index contributed by atoms with van der Waals surface area (Å²) in [5.41, 5.74) is 17.5. The zero-order chi connectivity index (χ0) is 57.0. The van der Waals surface area contributed by atoms with Crippen LogP contribution in [0.5, 0.6) is 0 Å². The minimum atomic E-state index is -0.291. The Hall–Kier alpha value is -5.95. The first-order valence-electron chi connectivity index (χ1n) is 33.9. The maximum atomic E-state index is 13.5.